The maximum Gasteiger partial charge on any atom is 0.243 e. The van der Waals surface area contributed by atoms with Gasteiger partial charge in [0.1, 0.15) is 12.4 Å². The normalized spacial score (nSPS) is 18.0. The van der Waals surface area contributed by atoms with Gasteiger partial charge in [0.15, 0.2) is 0 Å². The van der Waals surface area contributed by atoms with Crippen LogP contribution in [0.3, 0.4) is 0 Å². The minimum Gasteiger partial charge on any atom is -0.467 e. The number of β-amino-alcohol motifs (C(OH)–C–C–N with tert-alkyl or cyclic N) is 1. The van der Waals surface area contributed by atoms with Crippen molar-refractivity contribution in [3.05, 3.63) is 54.5 Å². The van der Waals surface area contributed by atoms with E-state index in [1.165, 1.54) is 4.31 Å². The molecule has 1 N–H and O–H groups in total. The van der Waals surface area contributed by atoms with E-state index in [0.29, 0.717) is 44.2 Å². The van der Waals surface area contributed by atoms with Crippen molar-refractivity contribution >= 4 is 10.0 Å². The molecule has 142 valence electrons. The number of piperazine rings is 1. The quantitative estimate of drug-likeness (QED) is 0.740. The molecule has 0 radical (unpaired) electrons. The molecule has 2 heterocycles. The Labute approximate surface area is 153 Å². The first-order chi connectivity index (χ1) is 12.6. The van der Waals surface area contributed by atoms with Crippen LogP contribution in [-0.2, 0) is 21.4 Å². The molecule has 1 aliphatic heterocycles. The number of benzene rings is 1. The summed E-state index contributed by atoms with van der Waals surface area (Å²) in [6.45, 7) is 2.99. The van der Waals surface area contributed by atoms with Crippen LogP contribution in [-0.4, -0.2) is 68.2 Å². The molecule has 3 rings (SSSR count). The summed E-state index contributed by atoms with van der Waals surface area (Å²) in [7, 11) is -3.44. The van der Waals surface area contributed by atoms with Crippen LogP contribution in [0, 0.1) is 0 Å². The molecule has 0 spiro atoms. The molecule has 0 saturated carbocycles. The average molecular weight is 380 g/mol. The topological polar surface area (TPSA) is 83.2 Å². The number of ether oxygens (including phenoxy) is 1. The minimum atomic E-state index is -3.44. The summed E-state index contributed by atoms with van der Waals surface area (Å²) in [6, 6.07) is 12.1. The number of rotatable bonds is 8. The number of nitrogens with zero attached hydrogens (tertiary/aromatic N) is 2. The molecule has 1 fully saturated rings. The smallest absolute Gasteiger partial charge is 0.243 e. The van der Waals surface area contributed by atoms with E-state index < -0.39 is 16.1 Å². The summed E-state index contributed by atoms with van der Waals surface area (Å²) in [5, 5.41) is 10.1. The number of sulfonamides is 1. The predicted octanol–water partition coefficient (Wildman–Crippen LogP) is 1.16. The number of furan rings is 1. The average Bonchev–Trinajstić information content (AvgIpc) is 3.16. The molecule has 0 amide bonds. The molecular weight excluding hydrogens is 356 g/mol. The van der Waals surface area contributed by atoms with Crippen LogP contribution in [0.4, 0.5) is 0 Å². The Morgan fingerprint density at radius 3 is 2.46 bits per heavy atom. The monoisotopic (exact) mass is 380 g/mol. The van der Waals surface area contributed by atoms with Gasteiger partial charge in [0.05, 0.1) is 23.9 Å². The van der Waals surface area contributed by atoms with E-state index >= 15 is 0 Å². The highest BCUT2D eigenvalue weighted by molar-refractivity contribution is 7.89. The maximum atomic E-state index is 12.6. The molecule has 0 bridgehead atoms. The van der Waals surface area contributed by atoms with E-state index in [9.17, 15) is 13.5 Å². The van der Waals surface area contributed by atoms with Crippen LogP contribution in [0.1, 0.15) is 5.76 Å². The van der Waals surface area contributed by atoms with Gasteiger partial charge in [-0.2, -0.15) is 4.31 Å². The molecule has 1 aromatic heterocycles. The number of hydrogen-bond acceptors (Lipinski definition) is 6. The number of aliphatic hydroxyl groups is 1. The van der Waals surface area contributed by atoms with Crippen LogP contribution in [0.5, 0.6) is 0 Å². The van der Waals surface area contributed by atoms with E-state index in [1.54, 1.807) is 42.7 Å². The molecular formula is C18H24N2O5S. The van der Waals surface area contributed by atoms with Crippen molar-refractivity contribution < 1.29 is 22.7 Å². The fourth-order valence-electron chi connectivity index (χ4n) is 2.93. The Morgan fingerprint density at radius 1 is 1.08 bits per heavy atom. The Balaban J connectivity index is 1.42. The van der Waals surface area contributed by atoms with Gasteiger partial charge in [0, 0.05) is 32.7 Å². The predicted molar refractivity (Wildman–Crippen MR) is 96.0 cm³/mol. The first-order valence-electron chi connectivity index (χ1n) is 8.61. The van der Waals surface area contributed by atoms with Crippen LogP contribution in [0.2, 0.25) is 0 Å². The molecule has 1 aromatic carbocycles. The summed E-state index contributed by atoms with van der Waals surface area (Å²) in [4.78, 5) is 2.37. The first kappa shape index (κ1) is 19.1. The number of aliphatic hydroxyl groups excluding tert-OH is 1. The van der Waals surface area contributed by atoms with Gasteiger partial charge < -0.3 is 14.3 Å². The Morgan fingerprint density at radius 2 is 1.81 bits per heavy atom. The summed E-state index contributed by atoms with van der Waals surface area (Å²) in [5.41, 5.74) is 0. The molecule has 8 heteroatoms. The summed E-state index contributed by atoms with van der Waals surface area (Å²) < 4.78 is 37.3. The Kier molecular flexibility index (Phi) is 6.44. The van der Waals surface area contributed by atoms with Crippen molar-refractivity contribution in [2.75, 3.05) is 39.3 Å². The van der Waals surface area contributed by atoms with Crippen molar-refractivity contribution in [2.45, 2.75) is 17.6 Å². The summed E-state index contributed by atoms with van der Waals surface area (Å²) in [5.74, 6) is 0.719. The van der Waals surface area contributed by atoms with Gasteiger partial charge in [0.2, 0.25) is 10.0 Å². The third-order valence-electron chi connectivity index (χ3n) is 4.32. The van der Waals surface area contributed by atoms with Gasteiger partial charge in [-0.1, -0.05) is 18.2 Å². The van der Waals surface area contributed by atoms with E-state index in [4.69, 9.17) is 9.15 Å². The minimum absolute atomic E-state index is 0.212. The largest absolute Gasteiger partial charge is 0.467 e. The van der Waals surface area contributed by atoms with Crippen LogP contribution in [0.15, 0.2) is 58.0 Å². The molecule has 1 atom stereocenters. The Hall–Kier alpha value is -1.71. The van der Waals surface area contributed by atoms with Crippen LogP contribution >= 0.6 is 0 Å². The number of hydrogen-bond donors (Lipinski definition) is 1. The Bertz CT molecular complexity index is 756. The lowest BCUT2D eigenvalue weighted by molar-refractivity contribution is 0.00100. The lowest BCUT2D eigenvalue weighted by Crippen LogP contribution is -2.50. The van der Waals surface area contributed by atoms with Crippen molar-refractivity contribution in [2.24, 2.45) is 0 Å². The van der Waals surface area contributed by atoms with Crippen molar-refractivity contribution in [3.8, 4) is 0 Å². The second-order valence-electron chi connectivity index (χ2n) is 6.27. The third kappa shape index (κ3) is 4.93. The second-order valence-corrected chi connectivity index (χ2v) is 8.20. The molecule has 1 unspecified atom stereocenters. The maximum absolute atomic E-state index is 12.6. The van der Waals surface area contributed by atoms with Gasteiger partial charge >= 0.3 is 0 Å². The van der Waals surface area contributed by atoms with Gasteiger partial charge in [-0.15, -0.1) is 0 Å². The van der Waals surface area contributed by atoms with Gasteiger partial charge in [0.25, 0.3) is 0 Å². The standard InChI is InChI=1S/C18H24N2O5S/c21-16(14-24-15-17-5-4-12-25-17)13-19-8-10-20(11-9-19)26(22,23)18-6-2-1-3-7-18/h1-7,12,16,21H,8-11,13-15H2. The van der Waals surface area contributed by atoms with E-state index in [2.05, 4.69) is 4.90 Å². The molecule has 26 heavy (non-hydrogen) atoms. The summed E-state index contributed by atoms with van der Waals surface area (Å²) in [6.07, 6.45) is 0.959. The lowest BCUT2D eigenvalue weighted by Gasteiger charge is -2.34. The van der Waals surface area contributed by atoms with E-state index in [0.717, 1.165) is 5.76 Å². The lowest BCUT2D eigenvalue weighted by atomic mass is 10.3. The van der Waals surface area contributed by atoms with Crippen LogP contribution < -0.4 is 0 Å². The highest BCUT2D eigenvalue weighted by atomic mass is 32.2. The zero-order valence-electron chi connectivity index (χ0n) is 14.5. The fourth-order valence-corrected chi connectivity index (χ4v) is 4.38. The highest BCUT2D eigenvalue weighted by Gasteiger charge is 2.28. The molecule has 0 aliphatic carbocycles. The van der Waals surface area contributed by atoms with Gasteiger partial charge in [-0.05, 0) is 24.3 Å². The molecule has 2 aromatic rings. The van der Waals surface area contributed by atoms with Crippen molar-refractivity contribution in [3.63, 3.8) is 0 Å². The van der Waals surface area contributed by atoms with E-state index in [1.807, 2.05) is 6.07 Å². The third-order valence-corrected chi connectivity index (χ3v) is 6.23. The zero-order chi connectivity index (χ0) is 18.4. The van der Waals surface area contributed by atoms with Gasteiger partial charge in [-0.25, -0.2) is 8.42 Å². The van der Waals surface area contributed by atoms with Gasteiger partial charge in [-0.3, -0.25) is 4.90 Å². The molecule has 1 aliphatic rings. The summed E-state index contributed by atoms with van der Waals surface area (Å²) >= 11 is 0. The van der Waals surface area contributed by atoms with Crippen molar-refractivity contribution in [1.82, 2.24) is 9.21 Å². The second kappa shape index (κ2) is 8.79. The first-order valence-corrected chi connectivity index (χ1v) is 10.1. The van der Waals surface area contributed by atoms with E-state index in [-0.39, 0.29) is 6.61 Å². The SMILES string of the molecule is O=S(=O)(c1ccccc1)N1CCN(CC(O)COCc2ccco2)CC1. The zero-order valence-corrected chi connectivity index (χ0v) is 15.3. The van der Waals surface area contributed by atoms with Crippen LogP contribution in [0.25, 0.3) is 0 Å². The van der Waals surface area contributed by atoms with Crippen molar-refractivity contribution in [1.29, 1.82) is 0 Å². The molecule has 1 saturated heterocycles. The fraction of sp³-hybridized carbons (Fsp3) is 0.444. The highest BCUT2D eigenvalue weighted by Crippen LogP contribution is 2.17. The molecule has 7 nitrogen and oxygen atoms in total.